The maximum atomic E-state index is 4.54. The van der Waals surface area contributed by atoms with Gasteiger partial charge in [0.15, 0.2) is 0 Å². The highest BCUT2D eigenvalue weighted by Gasteiger charge is 2.05. The lowest BCUT2D eigenvalue weighted by Crippen LogP contribution is -1.74. The summed E-state index contributed by atoms with van der Waals surface area (Å²) < 4.78 is 1.28. The second-order valence-electron chi connectivity index (χ2n) is 3.24. The van der Waals surface area contributed by atoms with E-state index in [2.05, 4.69) is 44.0 Å². The van der Waals surface area contributed by atoms with Crippen LogP contribution in [0.5, 0.6) is 0 Å². The summed E-state index contributed by atoms with van der Waals surface area (Å²) in [5.41, 5.74) is 3.28. The smallest absolute Gasteiger partial charge is 0.139 e. The standard InChI is InChI=1S/C11H7IN2S/c12-10-5-7(6-15-10)11-13-8-3-1-2-4-9(8)14-11/h1-6H,(H,13,14). The van der Waals surface area contributed by atoms with E-state index in [1.807, 2.05) is 24.3 Å². The molecule has 0 spiro atoms. The van der Waals surface area contributed by atoms with Gasteiger partial charge in [-0.05, 0) is 40.8 Å². The third kappa shape index (κ3) is 1.68. The number of benzene rings is 1. The summed E-state index contributed by atoms with van der Waals surface area (Å²) in [6.07, 6.45) is 0. The Balaban J connectivity index is 2.19. The predicted octanol–water partition coefficient (Wildman–Crippen LogP) is 3.90. The molecule has 4 heteroatoms. The maximum absolute atomic E-state index is 4.54. The SMILES string of the molecule is Ic1cc(-c2nc3ccccc3[nH]2)cs1. The molecule has 0 atom stereocenters. The van der Waals surface area contributed by atoms with Crippen molar-refractivity contribution in [2.24, 2.45) is 0 Å². The Morgan fingerprint density at radius 2 is 2.13 bits per heavy atom. The number of para-hydroxylation sites is 2. The quantitative estimate of drug-likeness (QED) is 0.675. The second-order valence-corrected chi connectivity index (χ2v) is 6.05. The van der Waals surface area contributed by atoms with E-state index in [-0.39, 0.29) is 0 Å². The van der Waals surface area contributed by atoms with Crippen LogP contribution in [0.25, 0.3) is 22.4 Å². The number of halogens is 1. The Kier molecular flexibility index (Phi) is 2.25. The average molecular weight is 326 g/mol. The zero-order valence-electron chi connectivity index (χ0n) is 7.70. The first-order chi connectivity index (χ1) is 7.33. The molecule has 0 saturated heterocycles. The number of thiophene rings is 1. The van der Waals surface area contributed by atoms with Gasteiger partial charge in [-0.3, -0.25) is 0 Å². The summed E-state index contributed by atoms with van der Waals surface area (Å²) in [6, 6.07) is 10.2. The molecule has 0 aliphatic heterocycles. The molecule has 2 aromatic heterocycles. The Bertz CT molecular complexity index is 579. The molecule has 0 saturated carbocycles. The lowest BCUT2D eigenvalue weighted by Gasteiger charge is -1.86. The first-order valence-electron chi connectivity index (χ1n) is 4.52. The number of fused-ring (bicyclic) bond motifs is 1. The number of nitrogens with one attached hydrogen (secondary N) is 1. The van der Waals surface area contributed by atoms with Gasteiger partial charge >= 0.3 is 0 Å². The van der Waals surface area contributed by atoms with E-state index in [4.69, 9.17) is 0 Å². The van der Waals surface area contributed by atoms with Crippen molar-refractivity contribution >= 4 is 45.0 Å². The van der Waals surface area contributed by atoms with E-state index < -0.39 is 0 Å². The Labute approximate surface area is 105 Å². The molecule has 0 bridgehead atoms. The number of imidazole rings is 1. The fourth-order valence-electron chi connectivity index (χ4n) is 1.52. The molecule has 0 aliphatic carbocycles. The molecule has 15 heavy (non-hydrogen) atoms. The molecule has 0 aliphatic rings. The van der Waals surface area contributed by atoms with Crippen LogP contribution in [0.2, 0.25) is 0 Å². The Morgan fingerprint density at radius 1 is 1.27 bits per heavy atom. The topological polar surface area (TPSA) is 28.7 Å². The molecular weight excluding hydrogens is 319 g/mol. The van der Waals surface area contributed by atoms with Crippen LogP contribution >= 0.6 is 33.9 Å². The summed E-state index contributed by atoms with van der Waals surface area (Å²) >= 11 is 4.06. The molecule has 2 heterocycles. The van der Waals surface area contributed by atoms with Gasteiger partial charge in [-0.2, -0.15) is 0 Å². The molecular formula is C11H7IN2S. The Morgan fingerprint density at radius 3 is 2.87 bits per heavy atom. The third-order valence-corrected chi connectivity index (χ3v) is 4.02. The predicted molar refractivity (Wildman–Crippen MR) is 72.1 cm³/mol. The number of nitrogens with zero attached hydrogens (tertiary/aromatic N) is 1. The van der Waals surface area contributed by atoms with Gasteiger partial charge in [0.05, 0.1) is 13.9 Å². The number of aromatic amines is 1. The van der Waals surface area contributed by atoms with Crippen molar-refractivity contribution in [1.82, 2.24) is 9.97 Å². The van der Waals surface area contributed by atoms with Crippen LogP contribution in [0.4, 0.5) is 0 Å². The highest BCUT2D eigenvalue weighted by Crippen LogP contribution is 2.26. The van der Waals surface area contributed by atoms with Crippen LogP contribution in [0, 0.1) is 2.88 Å². The molecule has 0 fully saturated rings. The van der Waals surface area contributed by atoms with Crippen molar-refractivity contribution in [3.63, 3.8) is 0 Å². The van der Waals surface area contributed by atoms with Crippen LogP contribution in [0.15, 0.2) is 35.7 Å². The lowest BCUT2D eigenvalue weighted by atomic mass is 10.3. The highest BCUT2D eigenvalue weighted by molar-refractivity contribution is 14.1. The van der Waals surface area contributed by atoms with Crippen LogP contribution in [-0.2, 0) is 0 Å². The molecule has 2 nitrogen and oxygen atoms in total. The average Bonchev–Trinajstić information content (AvgIpc) is 2.82. The molecule has 1 N–H and O–H groups in total. The van der Waals surface area contributed by atoms with Crippen LogP contribution in [0.1, 0.15) is 0 Å². The van der Waals surface area contributed by atoms with Gasteiger partial charge in [-0.1, -0.05) is 12.1 Å². The minimum Gasteiger partial charge on any atom is -0.338 e. The van der Waals surface area contributed by atoms with E-state index in [1.54, 1.807) is 11.3 Å². The van der Waals surface area contributed by atoms with E-state index in [0.717, 1.165) is 16.9 Å². The molecule has 0 radical (unpaired) electrons. The summed E-state index contributed by atoms with van der Waals surface area (Å²) in [5.74, 6) is 0.954. The van der Waals surface area contributed by atoms with Crippen molar-refractivity contribution in [1.29, 1.82) is 0 Å². The molecule has 0 unspecified atom stereocenters. The van der Waals surface area contributed by atoms with E-state index >= 15 is 0 Å². The summed E-state index contributed by atoms with van der Waals surface area (Å²) in [4.78, 5) is 7.86. The molecule has 3 aromatic rings. The fraction of sp³-hybridized carbons (Fsp3) is 0. The number of hydrogen-bond acceptors (Lipinski definition) is 2. The number of H-pyrrole nitrogens is 1. The highest BCUT2D eigenvalue weighted by atomic mass is 127. The number of hydrogen-bond donors (Lipinski definition) is 1. The lowest BCUT2D eigenvalue weighted by molar-refractivity contribution is 1.35. The van der Waals surface area contributed by atoms with Crippen LogP contribution in [0.3, 0.4) is 0 Å². The van der Waals surface area contributed by atoms with Crippen molar-refractivity contribution < 1.29 is 0 Å². The minimum atomic E-state index is 0.954. The molecule has 0 amide bonds. The van der Waals surface area contributed by atoms with Gasteiger partial charge < -0.3 is 4.98 Å². The third-order valence-electron chi connectivity index (χ3n) is 2.23. The van der Waals surface area contributed by atoms with Crippen molar-refractivity contribution in [3.8, 4) is 11.4 Å². The zero-order valence-corrected chi connectivity index (χ0v) is 10.7. The summed E-state index contributed by atoms with van der Waals surface area (Å²) in [6.45, 7) is 0. The fourth-order valence-corrected chi connectivity index (χ4v) is 2.85. The van der Waals surface area contributed by atoms with Gasteiger partial charge in [0.25, 0.3) is 0 Å². The van der Waals surface area contributed by atoms with Gasteiger partial charge in [0.2, 0.25) is 0 Å². The maximum Gasteiger partial charge on any atom is 0.139 e. The van der Waals surface area contributed by atoms with Crippen molar-refractivity contribution in [2.75, 3.05) is 0 Å². The van der Waals surface area contributed by atoms with Crippen LogP contribution < -0.4 is 0 Å². The molecule has 1 aromatic carbocycles. The monoisotopic (exact) mass is 326 g/mol. The largest absolute Gasteiger partial charge is 0.338 e. The zero-order chi connectivity index (χ0) is 10.3. The van der Waals surface area contributed by atoms with E-state index in [0.29, 0.717) is 0 Å². The van der Waals surface area contributed by atoms with Gasteiger partial charge in [-0.25, -0.2) is 4.98 Å². The molecule has 3 rings (SSSR count). The Hall–Kier alpha value is -0.880. The second kappa shape index (κ2) is 3.61. The molecule has 74 valence electrons. The van der Waals surface area contributed by atoms with Crippen molar-refractivity contribution in [2.45, 2.75) is 0 Å². The van der Waals surface area contributed by atoms with Crippen molar-refractivity contribution in [3.05, 3.63) is 38.6 Å². The van der Waals surface area contributed by atoms with E-state index in [9.17, 15) is 0 Å². The van der Waals surface area contributed by atoms with Gasteiger partial charge in [0, 0.05) is 10.9 Å². The number of aromatic nitrogens is 2. The van der Waals surface area contributed by atoms with E-state index in [1.165, 1.54) is 8.45 Å². The minimum absolute atomic E-state index is 0.954. The first-order valence-corrected chi connectivity index (χ1v) is 6.48. The van der Waals surface area contributed by atoms with Gasteiger partial charge in [0.1, 0.15) is 5.82 Å². The van der Waals surface area contributed by atoms with Crippen LogP contribution in [-0.4, -0.2) is 9.97 Å². The van der Waals surface area contributed by atoms with Gasteiger partial charge in [-0.15, -0.1) is 11.3 Å². The normalized spacial score (nSPS) is 11.0. The first kappa shape index (κ1) is 9.35. The summed E-state index contributed by atoms with van der Waals surface area (Å²) in [5, 5.41) is 2.12. The number of rotatable bonds is 1. The summed E-state index contributed by atoms with van der Waals surface area (Å²) in [7, 11) is 0.